The highest BCUT2D eigenvalue weighted by molar-refractivity contribution is 7.89. The number of hydrogen-bond donors (Lipinski definition) is 3. The third kappa shape index (κ3) is 3.90. The predicted octanol–water partition coefficient (Wildman–Crippen LogP) is 0.375. The minimum absolute atomic E-state index is 0.0236. The lowest BCUT2D eigenvalue weighted by Gasteiger charge is -2.10. The Morgan fingerprint density at radius 3 is 2.60 bits per heavy atom. The molecule has 0 aliphatic rings. The van der Waals surface area contributed by atoms with E-state index in [1.165, 1.54) is 13.0 Å². The van der Waals surface area contributed by atoms with Gasteiger partial charge in [0.15, 0.2) is 0 Å². The average molecular weight is 303 g/mol. The number of nitrogens with one attached hydrogen (secondary N) is 1. The van der Waals surface area contributed by atoms with Gasteiger partial charge < -0.3 is 10.4 Å². The molecule has 0 saturated heterocycles. The van der Waals surface area contributed by atoms with Gasteiger partial charge in [-0.15, -0.1) is 0 Å². The predicted molar refractivity (Wildman–Crippen MR) is 69.8 cm³/mol. The van der Waals surface area contributed by atoms with E-state index in [4.69, 9.17) is 10.2 Å². The number of primary sulfonamides is 1. The highest BCUT2D eigenvalue weighted by Gasteiger charge is 2.20. The Hall–Kier alpha value is -2.20. The van der Waals surface area contributed by atoms with Crippen molar-refractivity contribution in [3.8, 4) is 0 Å². The van der Waals surface area contributed by atoms with Crippen LogP contribution in [0.3, 0.4) is 0 Å². The molecule has 0 fully saturated rings. The number of nitrogens with two attached hydrogens (primary N) is 1. The number of benzene rings is 1. The van der Waals surface area contributed by atoms with Crippen molar-refractivity contribution in [3.05, 3.63) is 28.3 Å². The first-order valence-corrected chi connectivity index (χ1v) is 6.95. The van der Waals surface area contributed by atoms with Crippen LogP contribution in [0.1, 0.15) is 6.92 Å². The number of sulfonamides is 1. The Balaban J connectivity index is 3.09. The Morgan fingerprint density at radius 1 is 1.55 bits per heavy atom. The number of carboxylic acid groups (broad SMARTS) is 1. The zero-order chi connectivity index (χ0) is 15.5. The summed E-state index contributed by atoms with van der Waals surface area (Å²) in [6.45, 7) is 1.39. The maximum atomic E-state index is 11.1. The van der Waals surface area contributed by atoms with Gasteiger partial charge >= 0.3 is 5.97 Å². The molecule has 20 heavy (non-hydrogen) atoms. The molecule has 0 aliphatic heterocycles. The standard InChI is InChI=1S/C10H13N3O6S/c1-6(10(14)15)5-12-8-3-2-7(20(11,18)19)4-9(8)13(16)17/h2-4,6,12H,5H2,1H3,(H,14,15)(H2,11,18,19). The number of nitro benzene ring substituents is 1. The lowest BCUT2D eigenvalue weighted by atomic mass is 10.2. The monoisotopic (exact) mass is 303 g/mol. The summed E-state index contributed by atoms with van der Waals surface area (Å²) in [6, 6.07) is 3.10. The Kier molecular flexibility index (Phi) is 4.63. The summed E-state index contributed by atoms with van der Waals surface area (Å²) in [6.07, 6.45) is 0. The Morgan fingerprint density at radius 2 is 2.15 bits per heavy atom. The summed E-state index contributed by atoms with van der Waals surface area (Å²) in [4.78, 5) is 20.4. The summed E-state index contributed by atoms with van der Waals surface area (Å²) in [5.74, 6) is -1.81. The highest BCUT2D eigenvalue weighted by atomic mass is 32.2. The van der Waals surface area contributed by atoms with Crippen molar-refractivity contribution in [2.75, 3.05) is 11.9 Å². The summed E-state index contributed by atoms with van der Waals surface area (Å²) >= 11 is 0. The van der Waals surface area contributed by atoms with Gasteiger partial charge in [0.2, 0.25) is 10.0 Å². The molecule has 4 N–H and O–H groups in total. The normalized spacial score (nSPS) is 12.7. The van der Waals surface area contributed by atoms with Gasteiger partial charge in [0.25, 0.3) is 5.69 Å². The van der Waals surface area contributed by atoms with Crippen molar-refractivity contribution >= 4 is 27.4 Å². The molecule has 0 aliphatic carbocycles. The summed E-state index contributed by atoms with van der Waals surface area (Å²) in [7, 11) is -4.05. The molecule has 0 radical (unpaired) electrons. The van der Waals surface area contributed by atoms with Crippen LogP contribution in [0, 0.1) is 16.0 Å². The van der Waals surface area contributed by atoms with Crippen LogP contribution in [-0.4, -0.2) is 31.0 Å². The molecule has 110 valence electrons. The van der Waals surface area contributed by atoms with E-state index in [-0.39, 0.29) is 17.1 Å². The number of carbonyl (C=O) groups is 1. The fraction of sp³-hybridized carbons (Fsp3) is 0.300. The smallest absolute Gasteiger partial charge is 0.308 e. The zero-order valence-electron chi connectivity index (χ0n) is 10.4. The van der Waals surface area contributed by atoms with Crippen molar-refractivity contribution in [2.45, 2.75) is 11.8 Å². The second-order valence-electron chi connectivity index (χ2n) is 4.10. The fourth-order valence-corrected chi connectivity index (χ4v) is 1.87. The molecule has 10 heteroatoms. The molecule has 1 aromatic carbocycles. The van der Waals surface area contributed by atoms with Crippen molar-refractivity contribution in [1.82, 2.24) is 0 Å². The van der Waals surface area contributed by atoms with Gasteiger partial charge in [0, 0.05) is 12.6 Å². The van der Waals surface area contributed by atoms with E-state index in [0.29, 0.717) is 0 Å². The number of hydrogen-bond acceptors (Lipinski definition) is 6. The van der Waals surface area contributed by atoms with Gasteiger partial charge in [0.05, 0.1) is 15.7 Å². The lowest BCUT2D eigenvalue weighted by molar-refractivity contribution is -0.384. The minimum Gasteiger partial charge on any atom is -0.481 e. The first-order chi connectivity index (χ1) is 9.12. The van der Waals surface area contributed by atoms with Gasteiger partial charge in [-0.05, 0) is 12.1 Å². The van der Waals surface area contributed by atoms with Gasteiger partial charge in [0.1, 0.15) is 5.69 Å². The van der Waals surface area contributed by atoms with Crippen molar-refractivity contribution in [3.63, 3.8) is 0 Å². The highest BCUT2D eigenvalue weighted by Crippen LogP contribution is 2.27. The third-order valence-electron chi connectivity index (χ3n) is 2.51. The van der Waals surface area contributed by atoms with Crippen molar-refractivity contribution in [2.24, 2.45) is 11.1 Å². The number of aliphatic carboxylic acids is 1. The van der Waals surface area contributed by atoms with E-state index in [1.54, 1.807) is 0 Å². The minimum atomic E-state index is -4.05. The van der Waals surface area contributed by atoms with Crippen molar-refractivity contribution in [1.29, 1.82) is 0 Å². The van der Waals surface area contributed by atoms with Gasteiger partial charge in [-0.1, -0.05) is 6.92 Å². The molecule has 0 amide bonds. The molecule has 9 nitrogen and oxygen atoms in total. The fourth-order valence-electron chi connectivity index (χ4n) is 1.34. The maximum absolute atomic E-state index is 11.1. The van der Waals surface area contributed by atoms with E-state index in [1.807, 2.05) is 0 Å². The molecule has 1 atom stereocenters. The van der Waals surface area contributed by atoms with Gasteiger partial charge in [-0.3, -0.25) is 14.9 Å². The van der Waals surface area contributed by atoms with Gasteiger partial charge in [-0.25, -0.2) is 13.6 Å². The molecule has 0 heterocycles. The largest absolute Gasteiger partial charge is 0.481 e. The quantitative estimate of drug-likeness (QED) is 0.507. The Bertz CT molecular complexity index is 642. The van der Waals surface area contributed by atoms with E-state index in [2.05, 4.69) is 5.32 Å². The Labute approximate surface area is 114 Å². The third-order valence-corrected chi connectivity index (χ3v) is 3.43. The molecule has 0 bridgehead atoms. The average Bonchev–Trinajstić information content (AvgIpc) is 2.34. The molecule has 0 saturated carbocycles. The van der Waals surface area contributed by atoms with Crippen LogP contribution in [-0.2, 0) is 14.8 Å². The van der Waals surface area contributed by atoms with Crippen LogP contribution >= 0.6 is 0 Å². The topological polar surface area (TPSA) is 153 Å². The van der Waals surface area contributed by atoms with Crippen LogP contribution in [0.2, 0.25) is 0 Å². The van der Waals surface area contributed by atoms with Crippen LogP contribution < -0.4 is 10.5 Å². The van der Waals surface area contributed by atoms with E-state index >= 15 is 0 Å². The molecule has 1 aromatic rings. The van der Waals surface area contributed by atoms with Crippen LogP contribution in [0.4, 0.5) is 11.4 Å². The van der Waals surface area contributed by atoms with Crippen LogP contribution in [0.5, 0.6) is 0 Å². The second-order valence-corrected chi connectivity index (χ2v) is 5.66. The molecular formula is C10H13N3O6S. The first-order valence-electron chi connectivity index (χ1n) is 5.41. The first kappa shape index (κ1) is 15.9. The van der Waals surface area contributed by atoms with E-state index in [0.717, 1.165) is 12.1 Å². The van der Waals surface area contributed by atoms with Crippen LogP contribution in [0.25, 0.3) is 0 Å². The number of carboxylic acids is 1. The van der Waals surface area contributed by atoms with E-state index in [9.17, 15) is 23.3 Å². The van der Waals surface area contributed by atoms with Crippen molar-refractivity contribution < 1.29 is 23.2 Å². The number of nitro groups is 1. The molecule has 0 aromatic heterocycles. The van der Waals surface area contributed by atoms with Gasteiger partial charge in [-0.2, -0.15) is 0 Å². The SMILES string of the molecule is CC(CNc1ccc(S(N)(=O)=O)cc1[N+](=O)[O-])C(=O)O. The molecule has 0 spiro atoms. The zero-order valence-corrected chi connectivity index (χ0v) is 11.3. The maximum Gasteiger partial charge on any atom is 0.308 e. The van der Waals surface area contributed by atoms with Crippen LogP contribution in [0.15, 0.2) is 23.1 Å². The number of anilines is 1. The summed E-state index contributed by atoms with van der Waals surface area (Å²) in [5.41, 5.74) is -0.468. The molecule has 1 unspecified atom stereocenters. The summed E-state index contributed by atoms with van der Waals surface area (Å²) in [5, 5.41) is 27.1. The lowest BCUT2D eigenvalue weighted by Crippen LogP contribution is -2.20. The molecule has 1 rings (SSSR count). The molecular weight excluding hydrogens is 290 g/mol. The second kappa shape index (κ2) is 5.84. The number of rotatable bonds is 6. The number of nitrogens with zero attached hydrogens (tertiary/aromatic N) is 1. The van der Waals surface area contributed by atoms with E-state index < -0.39 is 32.5 Å². The summed E-state index contributed by atoms with van der Waals surface area (Å²) < 4.78 is 22.3.